The van der Waals surface area contributed by atoms with Crippen molar-refractivity contribution in [2.24, 2.45) is 0 Å². The number of piperidine rings is 1. The average molecular weight is 253 g/mol. The third-order valence-electron chi connectivity index (χ3n) is 3.96. The second-order valence-corrected chi connectivity index (χ2v) is 5.51. The minimum absolute atomic E-state index is 0.220. The van der Waals surface area contributed by atoms with Crippen LogP contribution in [-0.2, 0) is 6.42 Å². The average Bonchev–Trinajstić information content (AvgIpc) is 2.35. The molecule has 1 heterocycles. The van der Waals surface area contributed by atoms with Gasteiger partial charge in [-0.1, -0.05) is 29.8 Å². The van der Waals surface area contributed by atoms with Crippen LogP contribution < -0.4 is 5.32 Å². The Hall–Kier alpha value is -0.570. The molecule has 0 spiro atoms. The van der Waals surface area contributed by atoms with E-state index in [1.807, 2.05) is 12.1 Å². The molecular weight excluding hydrogens is 232 g/mol. The van der Waals surface area contributed by atoms with Crippen LogP contribution in [0.15, 0.2) is 24.3 Å². The molecule has 0 bridgehead atoms. The Bertz CT molecular complexity index is 370. The van der Waals surface area contributed by atoms with E-state index in [1.165, 1.54) is 18.4 Å². The summed E-state index contributed by atoms with van der Waals surface area (Å²) in [6.45, 7) is 2.32. The Balaban J connectivity index is 2.12. The van der Waals surface area contributed by atoms with E-state index in [0.29, 0.717) is 0 Å². The van der Waals surface area contributed by atoms with E-state index >= 15 is 0 Å². The standard InChI is InChI=1S/C14H21ClN2/c1-16-14(7-9-17(2)10-8-14)11-12-5-3-4-6-13(12)15/h3-6,16H,7-11H2,1-2H3. The van der Waals surface area contributed by atoms with Crippen LogP contribution in [0.2, 0.25) is 5.02 Å². The molecule has 1 aliphatic rings. The zero-order chi connectivity index (χ0) is 12.3. The van der Waals surface area contributed by atoms with Gasteiger partial charge < -0.3 is 10.2 Å². The van der Waals surface area contributed by atoms with Crippen LogP contribution in [0.5, 0.6) is 0 Å². The number of nitrogens with one attached hydrogen (secondary N) is 1. The first-order valence-corrected chi connectivity index (χ1v) is 6.64. The van der Waals surface area contributed by atoms with Gasteiger partial charge in [-0.15, -0.1) is 0 Å². The summed E-state index contributed by atoms with van der Waals surface area (Å²) in [5, 5.41) is 4.42. The van der Waals surface area contributed by atoms with E-state index in [-0.39, 0.29) is 5.54 Å². The lowest BCUT2D eigenvalue weighted by atomic mass is 9.82. The Labute approximate surface area is 109 Å². The number of benzene rings is 1. The molecule has 0 amide bonds. The van der Waals surface area contributed by atoms with Crippen molar-refractivity contribution in [3.8, 4) is 0 Å². The summed E-state index contributed by atoms with van der Waals surface area (Å²) < 4.78 is 0. The second kappa shape index (κ2) is 5.38. The number of hydrogen-bond acceptors (Lipinski definition) is 2. The first-order valence-electron chi connectivity index (χ1n) is 6.26. The summed E-state index contributed by atoms with van der Waals surface area (Å²) in [5.74, 6) is 0. The molecule has 1 fully saturated rings. The number of likely N-dealkylation sites (N-methyl/N-ethyl adjacent to an activating group) is 1. The molecule has 0 atom stereocenters. The number of nitrogens with zero attached hydrogens (tertiary/aromatic N) is 1. The van der Waals surface area contributed by atoms with E-state index in [4.69, 9.17) is 11.6 Å². The summed E-state index contributed by atoms with van der Waals surface area (Å²) in [7, 11) is 4.26. The van der Waals surface area contributed by atoms with Gasteiger partial charge in [0.2, 0.25) is 0 Å². The summed E-state index contributed by atoms with van der Waals surface area (Å²) in [4.78, 5) is 2.39. The molecule has 0 unspecified atom stereocenters. The Morgan fingerprint density at radius 1 is 1.29 bits per heavy atom. The van der Waals surface area contributed by atoms with Crippen LogP contribution in [0.25, 0.3) is 0 Å². The van der Waals surface area contributed by atoms with Crippen molar-refractivity contribution >= 4 is 11.6 Å². The lowest BCUT2D eigenvalue weighted by molar-refractivity contribution is 0.163. The SMILES string of the molecule is CNC1(Cc2ccccc2Cl)CCN(C)CC1. The topological polar surface area (TPSA) is 15.3 Å². The minimum Gasteiger partial charge on any atom is -0.314 e. The fourth-order valence-corrected chi connectivity index (χ4v) is 2.77. The van der Waals surface area contributed by atoms with Gasteiger partial charge in [-0.3, -0.25) is 0 Å². The Morgan fingerprint density at radius 2 is 1.94 bits per heavy atom. The first kappa shape index (κ1) is 12.9. The molecule has 1 aromatic rings. The molecule has 2 nitrogen and oxygen atoms in total. The Morgan fingerprint density at radius 3 is 2.53 bits per heavy atom. The van der Waals surface area contributed by atoms with E-state index < -0.39 is 0 Å². The van der Waals surface area contributed by atoms with Gasteiger partial charge in [-0.2, -0.15) is 0 Å². The molecule has 0 radical (unpaired) electrons. The molecular formula is C14H21ClN2. The Kier molecular flexibility index (Phi) is 4.08. The molecule has 0 saturated carbocycles. The zero-order valence-corrected chi connectivity index (χ0v) is 11.4. The predicted molar refractivity (Wildman–Crippen MR) is 73.7 cm³/mol. The highest BCUT2D eigenvalue weighted by Gasteiger charge is 2.32. The van der Waals surface area contributed by atoms with Gasteiger partial charge in [0.15, 0.2) is 0 Å². The number of halogens is 1. The molecule has 0 aliphatic carbocycles. The van der Waals surface area contributed by atoms with E-state index in [0.717, 1.165) is 24.5 Å². The van der Waals surface area contributed by atoms with Crippen LogP contribution in [0.4, 0.5) is 0 Å². The second-order valence-electron chi connectivity index (χ2n) is 5.10. The van der Waals surface area contributed by atoms with Gasteiger partial charge in [0, 0.05) is 10.6 Å². The first-order chi connectivity index (χ1) is 8.15. The summed E-state index contributed by atoms with van der Waals surface area (Å²) >= 11 is 6.25. The van der Waals surface area contributed by atoms with E-state index in [2.05, 4.69) is 36.4 Å². The maximum atomic E-state index is 6.25. The lowest BCUT2D eigenvalue weighted by Gasteiger charge is -2.41. The molecule has 3 heteroatoms. The zero-order valence-electron chi connectivity index (χ0n) is 10.7. The third kappa shape index (κ3) is 3.01. The quantitative estimate of drug-likeness (QED) is 0.890. The largest absolute Gasteiger partial charge is 0.314 e. The van der Waals surface area contributed by atoms with Gasteiger partial charge in [0.1, 0.15) is 0 Å². The summed E-state index contributed by atoms with van der Waals surface area (Å²) in [5.41, 5.74) is 1.48. The number of hydrogen-bond donors (Lipinski definition) is 1. The van der Waals surface area contributed by atoms with Crippen molar-refractivity contribution in [1.82, 2.24) is 10.2 Å². The molecule has 0 aromatic heterocycles. The summed E-state index contributed by atoms with van der Waals surface area (Å²) in [6.07, 6.45) is 3.40. The maximum absolute atomic E-state index is 6.25. The molecule has 1 aromatic carbocycles. The normalized spacial score (nSPS) is 20.4. The minimum atomic E-state index is 0.220. The summed E-state index contributed by atoms with van der Waals surface area (Å²) in [6, 6.07) is 8.18. The lowest BCUT2D eigenvalue weighted by Crippen LogP contribution is -2.52. The number of rotatable bonds is 3. The van der Waals surface area contributed by atoms with Crippen molar-refractivity contribution in [3.05, 3.63) is 34.9 Å². The molecule has 1 aliphatic heterocycles. The van der Waals surface area contributed by atoms with E-state index in [9.17, 15) is 0 Å². The fourth-order valence-electron chi connectivity index (χ4n) is 2.57. The highest BCUT2D eigenvalue weighted by Crippen LogP contribution is 2.28. The maximum Gasteiger partial charge on any atom is 0.0438 e. The fraction of sp³-hybridized carbons (Fsp3) is 0.571. The van der Waals surface area contributed by atoms with E-state index in [1.54, 1.807) is 0 Å². The van der Waals surface area contributed by atoms with Crippen molar-refractivity contribution in [2.45, 2.75) is 24.8 Å². The molecule has 17 heavy (non-hydrogen) atoms. The molecule has 1 saturated heterocycles. The van der Waals surface area contributed by atoms with Gasteiger partial charge in [-0.05, 0) is 58.1 Å². The highest BCUT2D eigenvalue weighted by molar-refractivity contribution is 6.31. The van der Waals surface area contributed by atoms with Gasteiger partial charge in [0.05, 0.1) is 0 Å². The van der Waals surface area contributed by atoms with Crippen LogP contribution in [-0.4, -0.2) is 37.6 Å². The van der Waals surface area contributed by atoms with Crippen LogP contribution in [0.1, 0.15) is 18.4 Å². The molecule has 1 N–H and O–H groups in total. The van der Waals surface area contributed by atoms with Crippen molar-refractivity contribution in [1.29, 1.82) is 0 Å². The van der Waals surface area contributed by atoms with Gasteiger partial charge in [-0.25, -0.2) is 0 Å². The van der Waals surface area contributed by atoms with Crippen LogP contribution >= 0.6 is 11.6 Å². The third-order valence-corrected chi connectivity index (χ3v) is 4.33. The van der Waals surface area contributed by atoms with Crippen molar-refractivity contribution in [2.75, 3.05) is 27.2 Å². The molecule has 94 valence electrons. The molecule has 2 rings (SSSR count). The van der Waals surface area contributed by atoms with Crippen LogP contribution in [0, 0.1) is 0 Å². The van der Waals surface area contributed by atoms with Crippen LogP contribution in [0.3, 0.4) is 0 Å². The van der Waals surface area contributed by atoms with Crippen molar-refractivity contribution < 1.29 is 0 Å². The van der Waals surface area contributed by atoms with Gasteiger partial charge >= 0.3 is 0 Å². The predicted octanol–water partition coefficient (Wildman–Crippen LogP) is 2.57. The smallest absolute Gasteiger partial charge is 0.0438 e. The van der Waals surface area contributed by atoms with Gasteiger partial charge in [0.25, 0.3) is 0 Å². The van der Waals surface area contributed by atoms with Crippen molar-refractivity contribution in [3.63, 3.8) is 0 Å². The number of likely N-dealkylation sites (tertiary alicyclic amines) is 1. The monoisotopic (exact) mass is 252 g/mol. The highest BCUT2D eigenvalue weighted by atomic mass is 35.5.